The highest BCUT2D eigenvalue weighted by Gasteiger charge is 2.28. The molecule has 0 radical (unpaired) electrons. The van der Waals surface area contributed by atoms with Gasteiger partial charge in [0.25, 0.3) is 0 Å². The molecule has 2 aromatic rings. The molecule has 1 saturated carbocycles. The van der Waals surface area contributed by atoms with Gasteiger partial charge < -0.3 is 9.47 Å². The van der Waals surface area contributed by atoms with Gasteiger partial charge in [-0.2, -0.15) is 0 Å². The molecule has 1 aliphatic rings. The molecule has 1 heterocycles. The molecule has 1 aliphatic carbocycles. The quantitative estimate of drug-likeness (QED) is 0.772. The van der Waals surface area contributed by atoms with E-state index < -0.39 is 11.8 Å². The minimum Gasteiger partial charge on any atom is -0.494 e. The maximum absolute atomic E-state index is 14.3. The fourth-order valence-electron chi connectivity index (χ4n) is 3.89. The van der Waals surface area contributed by atoms with E-state index in [9.17, 15) is 14.0 Å². The minimum atomic E-state index is -0.528. The van der Waals surface area contributed by atoms with Crippen LogP contribution in [0.1, 0.15) is 48.2 Å². The highest BCUT2D eigenvalue weighted by atomic mass is 19.1. The van der Waals surface area contributed by atoms with Crippen LogP contribution in [-0.4, -0.2) is 30.7 Å². The zero-order chi connectivity index (χ0) is 18.8. The number of aromatic nitrogens is 1. The molecule has 0 N–H and O–H groups in total. The van der Waals surface area contributed by atoms with Crippen LogP contribution < -0.4 is 4.74 Å². The van der Waals surface area contributed by atoms with Gasteiger partial charge in [0.05, 0.1) is 26.2 Å². The van der Waals surface area contributed by atoms with Crippen LogP contribution >= 0.6 is 0 Å². The van der Waals surface area contributed by atoms with Crippen LogP contribution in [0.4, 0.5) is 4.39 Å². The van der Waals surface area contributed by atoms with Crippen LogP contribution in [0.15, 0.2) is 12.1 Å². The molecule has 0 spiro atoms. The Kier molecular flexibility index (Phi) is 5.30. The Labute approximate surface area is 152 Å². The first-order valence-electron chi connectivity index (χ1n) is 8.96. The van der Waals surface area contributed by atoms with Gasteiger partial charge in [-0.3, -0.25) is 14.2 Å². The Hall–Kier alpha value is -2.37. The fraction of sp³-hybridized carbons (Fsp3) is 0.500. The number of hydrogen-bond acceptors (Lipinski definition) is 4. The molecule has 0 amide bonds. The molecule has 1 aromatic heterocycles. The molecule has 0 saturated heterocycles. The summed E-state index contributed by atoms with van der Waals surface area (Å²) in [5, 5.41) is 0.648. The van der Waals surface area contributed by atoms with Crippen molar-refractivity contribution in [2.24, 2.45) is 5.92 Å². The Bertz CT molecular complexity index is 849. The summed E-state index contributed by atoms with van der Waals surface area (Å²) in [6, 6.07) is 2.88. The van der Waals surface area contributed by atoms with Crippen molar-refractivity contribution in [2.45, 2.75) is 45.4 Å². The third-order valence-corrected chi connectivity index (χ3v) is 5.33. The van der Waals surface area contributed by atoms with E-state index in [1.54, 1.807) is 17.6 Å². The van der Waals surface area contributed by atoms with E-state index in [4.69, 9.17) is 9.47 Å². The van der Waals surface area contributed by atoms with Crippen LogP contribution in [0.3, 0.4) is 0 Å². The number of carbonyl (C=O) groups excluding carboxylic acids is 2. The molecule has 0 bridgehead atoms. The van der Waals surface area contributed by atoms with Crippen molar-refractivity contribution in [3.8, 4) is 5.75 Å². The number of benzene rings is 1. The number of fused-ring (bicyclic) bond motifs is 1. The van der Waals surface area contributed by atoms with Crippen molar-refractivity contribution in [3.05, 3.63) is 29.2 Å². The summed E-state index contributed by atoms with van der Waals surface area (Å²) in [6.07, 6.45) is 4.94. The zero-order valence-electron chi connectivity index (χ0n) is 15.4. The van der Waals surface area contributed by atoms with Crippen LogP contribution in [0.2, 0.25) is 0 Å². The average Bonchev–Trinajstić information content (AvgIpc) is 2.91. The van der Waals surface area contributed by atoms with Crippen molar-refractivity contribution in [2.75, 3.05) is 14.2 Å². The third-order valence-electron chi connectivity index (χ3n) is 5.33. The predicted molar refractivity (Wildman–Crippen MR) is 96.1 cm³/mol. The summed E-state index contributed by atoms with van der Waals surface area (Å²) in [5.74, 6) is -0.923. The van der Waals surface area contributed by atoms with Gasteiger partial charge in [0, 0.05) is 23.1 Å². The molecule has 1 aromatic carbocycles. The molecule has 0 atom stereocenters. The molecular formula is C20H24FNO4. The Morgan fingerprint density at radius 3 is 2.50 bits per heavy atom. The molecule has 0 aliphatic heterocycles. The number of carbonyl (C=O) groups is 2. The van der Waals surface area contributed by atoms with E-state index in [1.165, 1.54) is 20.3 Å². The van der Waals surface area contributed by atoms with Crippen LogP contribution in [0, 0.1) is 18.7 Å². The van der Waals surface area contributed by atoms with E-state index in [2.05, 4.69) is 0 Å². The van der Waals surface area contributed by atoms with E-state index in [0.717, 1.165) is 32.1 Å². The largest absolute Gasteiger partial charge is 0.494 e. The summed E-state index contributed by atoms with van der Waals surface area (Å²) in [7, 11) is 2.71. The number of esters is 1. The summed E-state index contributed by atoms with van der Waals surface area (Å²) < 4.78 is 25.8. The highest BCUT2D eigenvalue weighted by Crippen LogP contribution is 2.34. The topological polar surface area (TPSA) is 57.5 Å². The standard InChI is InChI=1S/C20H24FNO4/c1-12-14(10-19(23)26-3)15-9-18(25-2)16(21)11-17(15)22(12)20(24)13-7-5-4-6-8-13/h9,11,13H,4-8,10H2,1-3H3. The lowest BCUT2D eigenvalue weighted by Crippen LogP contribution is -2.24. The molecule has 0 unspecified atom stereocenters. The van der Waals surface area contributed by atoms with E-state index in [-0.39, 0.29) is 24.0 Å². The number of halogens is 1. The molecule has 1 fully saturated rings. The van der Waals surface area contributed by atoms with E-state index in [1.807, 2.05) is 0 Å². The smallest absolute Gasteiger partial charge is 0.310 e. The first-order valence-corrected chi connectivity index (χ1v) is 8.96. The summed E-state index contributed by atoms with van der Waals surface area (Å²) in [4.78, 5) is 25.0. The first kappa shape index (κ1) is 18.4. The van der Waals surface area contributed by atoms with Gasteiger partial charge in [-0.15, -0.1) is 0 Å². The maximum atomic E-state index is 14.3. The predicted octanol–water partition coefficient (Wildman–Crippen LogP) is 4.03. The Morgan fingerprint density at radius 2 is 1.88 bits per heavy atom. The fourth-order valence-corrected chi connectivity index (χ4v) is 3.89. The second kappa shape index (κ2) is 7.48. The summed E-state index contributed by atoms with van der Waals surface area (Å²) in [5.41, 5.74) is 1.82. The molecular weight excluding hydrogens is 337 g/mol. The normalized spacial score (nSPS) is 15.2. The van der Waals surface area contributed by atoms with E-state index >= 15 is 0 Å². The number of methoxy groups -OCH3 is 2. The lowest BCUT2D eigenvalue weighted by Gasteiger charge is -2.21. The highest BCUT2D eigenvalue weighted by molar-refractivity contribution is 5.99. The molecule has 140 valence electrons. The van der Waals surface area contributed by atoms with E-state index in [0.29, 0.717) is 22.2 Å². The second-order valence-corrected chi connectivity index (χ2v) is 6.83. The SMILES string of the molecule is COC(=O)Cc1c(C)n(C(=O)C2CCCCC2)c2cc(F)c(OC)cc12. The van der Waals surface area contributed by atoms with Crippen molar-refractivity contribution in [1.82, 2.24) is 4.57 Å². The molecule has 5 nitrogen and oxygen atoms in total. The van der Waals surface area contributed by atoms with Crippen molar-refractivity contribution in [1.29, 1.82) is 0 Å². The van der Waals surface area contributed by atoms with Crippen LogP contribution in [0.5, 0.6) is 5.75 Å². The van der Waals surface area contributed by atoms with Gasteiger partial charge in [-0.1, -0.05) is 19.3 Å². The number of rotatable bonds is 4. The van der Waals surface area contributed by atoms with Gasteiger partial charge in [0.15, 0.2) is 11.6 Å². The lowest BCUT2D eigenvalue weighted by molar-refractivity contribution is -0.139. The first-order chi connectivity index (χ1) is 12.5. The van der Waals surface area contributed by atoms with Gasteiger partial charge in [0.2, 0.25) is 5.91 Å². The van der Waals surface area contributed by atoms with Crippen LogP contribution in [0.25, 0.3) is 10.9 Å². The Balaban J connectivity index is 2.17. The third kappa shape index (κ3) is 3.20. The lowest BCUT2D eigenvalue weighted by atomic mass is 9.88. The number of hydrogen-bond donors (Lipinski definition) is 0. The maximum Gasteiger partial charge on any atom is 0.310 e. The second-order valence-electron chi connectivity index (χ2n) is 6.83. The van der Waals surface area contributed by atoms with Gasteiger partial charge in [-0.25, -0.2) is 4.39 Å². The molecule has 26 heavy (non-hydrogen) atoms. The van der Waals surface area contributed by atoms with Crippen molar-refractivity contribution < 1.29 is 23.5 Å². The van der Waals surface area contributed by atoms with Gasteiger partial charge in [0.1, 0.15) is 0 Å². The molecule has 3 rings (SSSR count). The van der Waals surface area contributed by atoms with Gasteiger partial charge >= 0.3 is 5.97 Å². The molecule has 6 heteroatoms. The average molecular weight is 361 g/mol. The monoisotopic (exact) mass is 361 g/mol. The number of nitrogens with zero attached hydrogens (tertiary/aromatic N) is 1. The zero-order valence-corrected chi connectivity index (χ0v) is 15.4. The minimum absolute atomic E-state index is 0.0205. The van der Waals surface area contributed by atoms with Crippen molar-refractivity contribution >= 4 is 22.8 Å². The van der Waals surface area contributed by atoms with Crippen molar-refractivity contribution in [3.63, 3.8) is 0 Å². The summed E-state index contributed by atoms with van der Waals surface area (Å²) in [6.45, 7) is 1.80. The summed E-state index contributed by atoms with van der Waals surface area (Å²) >= 11 is 0. The van der Waals surface area contributed by atoms with Crippen LogP contribution in [-0.2, 0) is 16.0 Å². The number of ether oxygens (including phenoxy) is 2. The van der Waals surface area contributed by atoms with Gasteiger partial charge in [-0.05, 0) is 31.4 Å². The Morgan fingerprint density at radius 1 is 1.19 bits per heavy atom.